The molecule has 0 spiro atoms. The summed E-state index contributed by atoms with van der Waals surface area (Å²) in [5.41, 5.74) is 1.05. The summed E-state index contributed by atoms with van der Waals surface area (Å²) in [5.74, 6) is 0. The molecule has 1 rings (SSSR count). The van der Waals surface area contributed by atoms with Crippen LogP contribution in [0.25, 0.3) is 0 Å². The van der Waals surface area contributed by atoms with E-state index in [0.29, 0.717) is 17.4 Å². The van der Waals surface area contributed by atoms with Crippen molar-refractivity contribution in [2.75, 3.05) is 0 Å². The van der Waals surface area contributed by atoms with Gasteiger partial charge in [0.2, 0.25) is 0 Å². The minimum absolute atomic E-state index is 0.0482. The Morgan fingerprint density at radius 1 is 1.21 bits per heavy atom. The Hall–Kier alpha value is -1.23. The van der Waals surface area contributed by atoms with Crippen molar-refractivity contribution >= 4 is 6.29 Å². The molecule has 3 N–H and O–H groups in total. The highest BCUT2D eigenvalue weighted by atomic mass is 16.5. The molecule has 1 unspecified atom stereocenters. The van der Waals surface area contributed by atoms with Gasteiger partial charge in [0.1, 0.15) is 12.4 Å². The molecule has 0 aromatic heterocycles. The van der Waals surface area contributed by atoms with Crippen LogP contribution in [0.15, 0.2) is 24.3 Å². The van der Waals surface area contributed by atoms with Crippen molar-refractivity contribution in [2.24, 2.45) is 0 Å². The highest BCUT2D eigenvalue weighted by molar-refractivity contribution is 5.77. The van der Waals surface area contributed by atoms with Gasteiger partial charge in [-0.15, -0.1) is 0 Å². The van der Waals surface area contributed by atoms with E-state index in [2.05, 4.69) is 0 Å². The van der Waals surface area contributed by atoms with Gasteiger partial charge >= 0.3 is 0 Å². The minimum atomic E-state index is -1.78. The van der Waals surface area contributed by atoms with Gasteiger partial charge in [-0.2, -0.15) is 0 Å². The molecular weight excluding hydrogens is 184 g/mol. The molecule has 0 bridgehead atoms. The third-order valence-corrected chi connectivity index (χ3v) is 1.96. The van der Waals surface area contributed by atoms with E-state index in [1.165, 1.54) is 0 Å². The summed E-state index contributed by atoms with van der Waals surface area (Å²) in [6.07, 6.45) is -2.33. The van der Waals surface area contributed by atoms with Crippen LogP contribution < -0.4 is 0 Å². The van der Waals surface area contributed by atoms with Crippen LogP contribution in [0, 0.1) is 0 Å². The maximum Gasteiger partial charge on any atom is 0.178 e. The minimum Gasteiger partial charge on any atom is -0.387 e. The zero-order valence-electron chi connectivity index (χ0n) is 7.50. The lowest BCUT2D eigenvalue weighted by molar-refractivity contribution is -0.120. The molecule has 0 saturated carbocycles. The van der Waals surface area contributed by atoms with E-state index in [-0.39, 0.29) is 6.42 Å². The Bertz CT molecular complexity index is 309. The summed E-state index contributed by atoms with van der Waals surface area (Å²) in [4.78, 5) is 10.6. The first-order valence-electron chi connectivity index (χ1n) is 4.22. The van der Waals surface area contributed by atoms with Crippen LogP contribution in [0.5, 0.6) is 0 Å². The lowest BCUT2D eigenvalue weighted by atomic mass is 10.0. The predicted molar refractivity (Wildman–Crippen MR) is 49.8 cm³/mol. The molecule has 0 aliphatic rings. The van der Waals surface area contributed by atoms with Crippen molar-refractivity contribution in [3.05, 3.63) is 35.4 Å². The van der Waals surface area contributed by atoms with Crippen LogP contribution in [0.4, 0.5) is 0 Å². The maximum absolute atomic E-state index is 10.6. The molecule has 0 radical (unpaired) electrons. The molecule has 0 heterocycles. The number of hydrogen-bond acceptors (Lipinski definition) is 4. The SMILES string of the molecule is O=Cc1ccccc1CC(O)C(O)O. The van der Waals surface area contributed by atoms with E-state index in [0.717, 1.165) is 0 Å². The number of carbonyl (C=O) groups is 1. The second-order valence-electron chi connectivity index (χ2n) is 3.00. The van der Waals surface area contributed by atoms with Crippen LogP contribution in [0.1, 0.15) is 15.9 Å². The zero-order valence-corrected chi connectivity index (χ0v) is 7.50. The van der Waals surface area contributed by atoms with Crippen molar-refractivity contribution in [1.82, 2.24) is 0 Å². The van der Waals surface area contributed by atoms with Gasteiger partial charge in [0.05, 0.1) is 0 Å². The van der Waals surface area contributed by atoms with Crippen molar-refractivity contribution < 1.29 is 20.1 Å². The Balaban J connectivity index is 2.80. The second kappa shape index (κ2) is 4.85. The molecular formula is C10H12O4. The van der Waals surface area contributed by atoms with E-state index in [1.807, 2.05) is 0 Å². The fourth-order valence-corrected chi connectivity index (χ4v) is 1.17. The summed E-state index contributed by atoms with van der Waals surface area (Å²) in [5, 5.41) is 26.5. The summed E-state index contributed by atoms with van der Waals surface area (Å²) >= 11 is 0. The topological polar surface area (TPSA) is 77.8 Å². The fraction of sp³-hybridized carbons (Fsp3) is 0.300. The van der Waals surface area contributed by atoms with Gasteiger partial charge in [0.25, 0.3) is 0 Å². The average molecular weight is 196 g/mol. The van der Waals surface area contributed by atoms with Gasteiger partial charge in [-0.25, -0.2) is 0 Å². The first kappa shape index (κ1) is 10.8. The van der Waals surface area contributed by atoms with Crippen molar-refractivity contribution in [3.63, 3.8) is 0 Å². The number of aliphatic hydroxyl groups is 3. The van der Waals surface area contributed by atoms with E-state index in [9.17, 15) is 9.90 Å². The van der Waals surface area contributed by atoms with Gasteiger partial charge in [-0.3, -0.25) is 4.79 Å². The molecule has 0 saturated heterocycles. The molecule has 0 aliphatic heterocycles. The summed E-state index contributed by atoms with van der Waals surface area (Å²) in [7, 11) is 0. The smallest absolute Gasteiger partial charge is 0.178 e. The number of hydrogen-bond donors (Lipinski definition) is 3. The number of aldehydes is 1. The Morgan fingerprint density at radius 2 is 1.86 bits per heavy atom. The van der Waals surface area contributed by atoms with E-state index >= 15 is 0 Å². The molecule has 0 amide bonds. The first-order chi connectivity index (χ1) is 6.65. The lowest BCUT2D eigenvalue weighted by Gasteiger charge is -2.13. The molecule has 0 aliphatic carbocycles. The lowest BCUT2D eigenvalue weighted by Crippen LogP contribution is -2.27. The molecule has 76 valence electrons. The summed E-state index contributed by atoms with van der Waals surface area (Å²) < 4.78 is 0. The second-order valence-corrected chi connectivity index (χ2v) is 3.00. The molecule has 14 heavy (non-hydrogen) atoms. The summed E-state index contributed by atoms with van der Waals surface area (Å²) in [6, 6.07) is 6.70. The van der Waals surface area contributed by atoms with Crippen LogP contribution in [-0.2, 0) is 6.42 Å². The van der Waals surface area contributed by atoms with Gasteiger partial charge in [0, 0.05) is 12.0 Å². The number of benzene rings is 1. The molecule has 1 aromatic carbocycles. The first-order valence-corrected chi connectivity index (χ1v) is 4.22. The maximum atomic E-state index is 10.6. The van der Waals surface area contributed by atoms with Crippen LogP contribution in [-0.4, -0.2) is 34.0 Å². The zero-order chi connectivity index (χ0) is 10.6. The van der Waals surface area contributed by atoms with Crippen LogP contribution in [0.2, 0.25) is 0 Å². The average Bonchev–Trinajstić information content (AvgIpc) is 2.18. The van der Waals surface area contributed by atoms with Crippen LogP contribution >= 0.6 is 0 Å². The molecule has 1 atom stereocenters. The standard InChI is InChI=1S/C10H12O4/c11-6-8-4-2-1-3-7(8)5-9(12)10(13)14/h1-4,6,9-10,12-14H,5H2. The number of carbonyl (C=O) groups excluding carboxylic acids is 1. The van der Waals surface area contributed by atoms with Gasteiger partial charge in [-0.05, 0) is 5.56 Å². The van der Waals surface area contributed by atoms with Crippen LogP contribution in [0.3, 0.4) is 0 Å². The quantitative estimate of drug-likeness (QED) is 0.457. The summed E-state index contributed by atoms with van der Waals surface area (Å²) in [6.45, 7) is 0. The highest BCUT2D eigenvalue weighted by Gasteiger charge is 2.14. The van der Waals surface area contributed by atoms with Crippen molar-refractivity contribution in [3.8, 4) is 0 Å². The monoisotopic (exact) mass is 196 g/mol. The third kappa shape index (κ3) is 2.63. The van der Waals surface area contributed by atoms with E-state index in [4.69, 9.17) is 10.2 Å². The van der Waals surface area contributed by atoms with E-state index in [1.54, 1.807) is 24.3 Å². The van der Waals surface area contributed by atoms with Gasteiger partial charge in [-0.1, -0.05) is 24.3 Å². The van der Waals surface area contributed by atoms with E-state index < -0.39 is 12.4 Å². The normalized spacial score (nSPS) is 12.9. The third-order valence-electron chi connectivity index (χ3n) is 1.96. The highest BCUT2D eigenvalue weighted by Crippen LogP contribution is 2.10. The van der Waals surface area contributed by atoms with Crippen molar-refractivity contribution in [2.45, 2.75) is 18.8 Å². The Morgan fingerprint density at radius 3 is 2.43 bits per heavy atom. The molecule has 4 heteroatoms. The number of aliphatic hydroxyl groups excluding tert-OH is 2. The molecule has 4 nitrogen and oxygen atoms in total. The molecule has 1 aromatic rings. The van der Waals surface area contributed by atoms with Crippen molar-refractivity contribution in [1.29, 1.82) is 0 Å². The Kier molecular flexibility index (Phi) is 3.76. The largest absolute Gasteiger partial charge is 0.387 e. The fourth-order valence-electron chi connectivity index (χ4n) is 1.17. The number of rotatable bonds is 4. The Labute approximate surface area is 81.4 Å². The van der Waals surface area contributed by atoms with Gasteiger partial charge < -0.3 is 15.3 Å². The molecule has 0 fully saturated rings. The van der Waals surface area contributed by atoms with Gasteiger partial charge in [0.15, 0.2) is 6.29 Å². The predicted octanol–water partition coefficient (Wildman–Crippen LogP) is -0.287.